The fourth-order valence-electron chi connectivity index (χ4n) is 5.63. The fraction of sp³-hybridized carbons (Fsp3) is 0.0312. The quantitative estimate of drug-likeness (QED) is 0.259. The highest BCUT2D eigenvalue weighted by atomic mass is 35.5. The van der Waals surface area contributed by atoms with Gasteiger partial charge in [-0.1, -0.05) is 109 Å². The van der Waals surface area contributed by atoms with Crippen LogP contribution in [0.25, 0.3) is 33.5 Å². The van der Waals surface area contributed by atoms with Crippen LogP contribution < -0.4 is 0 Å². The number of rotatable bonds is 3. The molecule has 2 aromatic heterocycles. The molecule has 1 aliphatic rings. The van der Waals surface area contributed by atoms with Gasteiger partial charge in [0.1, 0.15) is 5.52 Å². The maximum Gasteiger partial charge on any atom is 0.178 e. The summed E-state index contributed by atoms with van der Waals surface area (Å²) >= 11 is 6.90. The van der Waals surface area contributed by atoms with Gasteiger partial charge in [0.25, 0.3) is 0 Å². The summed E-state index contributed by atoms with van der Waals surface area (Å²) < 4.78 is 0. The summed E-state index contributed by atoms with van der Waals surface area (Å²) in [5.41, 5.74) is 8.87. The second-order valence-electron chi connectivity index (χ2n) is 8.96. The Labute approximate surface area is 214 Å². The van der Waals surface area contributed by atoms with Crippen molar-refractivity contribution in [3.63, 3.8) is 0 Å². The molecular weight excluding hydrogens is 462 g/mol. The van der Waals surface area contributed by atoms with Gasteiger partial charge >= 0.3 is 0 Å². The van der Waals surface area contributed by atoms with Crippen molar-refractivity contribution < 1.29 is 0 Å². The van der Waals surface area contributed by atoms with E-state index in [1.165, 1.54) is 0 Å². The van der Waals surface area contributed by atoms with E-state index in [1.807, 2.05) is 48.5 Å². The summed E-state index contributed by atoms with van der Waals surface area (Å²) in [7, 11) is 0. The minimum Gasteiger partial charge on any atom is -0.242 e. The zero-order valence-electron chi connectivity index (χ0n) is 19.3. The van der Waals surface area contributed by atoms with Gasteiger partial charge in [0.2, 0.25) is 0 Å². The van der Waals surface area contributed by atoms with Crippen LogP contribution in [-0.4, -0.2) is 15.0 Å². The first-order valence-corrected chi connectivity index (χ1v) is 12.3. The summed E-state index contributed by atoms with van der Waals surface area (Å²) in [6.45, 7) is 0. The third-order valence-electron chi connectivity index (χ3n) is 7.07. The molecule has 4 heteroatoms. The molecule has 2 heterocycles. The second kappa shape index (κ2) is 8.11. The first kappa shape index (κ1) is 21.0. The first-order chi connectivity index (χ1) is 17.8. The van der Waals surface area contributed by atoms with Gasteiger partial charge in [0, 0.05) is 22.3 Å². The Kier molecular flexibility index (Phi) is 4.73. The van der Waals surface area contributed by atoms with Gasteiger partial charge in [-0.3, -0.25) is 0 Å². The Hall–Kier alpha value is -4.34. The molecule has 1 aliphatic carbocycles. The maximum absolute atomic E-state index is 6.90. The smallest absolute Gasteiger partial charge is 0.178 e. The Morgan fingerprint density at radius 3 is 2.17 bits per heavy atom. The van der Waals surface area contributed by atoms with E-state index in [4.69, 9.17) is 21.6 Å². The molecule has 0 bridgehead atoms. The summed E-state index contributed by atoms with van der Waals surface area (Å²) in [6, 6.07) is 39.4. The summed E-state index contributed by atoms with van der Waals surface area (Å²) in [6.07, 6.45) is 1.77. The van der Waals surface area contributed by atoms with Crippen LogP contribution >= 0.6 is 11.6 Å². The molecule has 0 radical (unpaired) electrons. The van der Waals surface area contributed by atoms with Crippen molar-refractivity contribution >= 4 is 22.8 Å². The summed E-state index contributed by atoms with van der Waals surface area (Å²) in [5.74, 6) is 0. The highest BCUT2D eigenvalue weighted by Crippen LogP contribution is 2.58. The molecule has 3 nitrogen and oxygen atoms in total. The molecule has 0 aliphatic heterocycles. The van der Waals surface area contributed by atoms with E-state index in [0.29, 0.717) is 5.65 Å². The predicted molar refractivity (Wildman–Crippen MR) is 145 cm³/mol. The van der Waals surface area contributed by atoms with E-state index in [2.05, 4.69) is 71.7 Å². The van der Waals surface area contributed by atoms with Crippen LogP contribution in [0.4, 0.5) is 0 Å². The normalized spacial score (nSPS) is 16.0. The van der Waals surface area contributed by atoms with Gasteiger partial charge in [-0.05, 0) is 40.5 Å². The SMILES string of the molecule is Clc1cccc2c1-c1ccccc1C2(c1ccccc1)c1nc2ncccc2nc1-c1ccccc1. The highest BCUT2D eigenvalue weighted by molar-refractivity contribution is 6.34. The number of fused-ring (bicyclic) bond motifs is 4. The van der Waals surface area contributed by atoms with E-state index in [-0.39, 0.29) is 0 Å². The lowest BCUT2D eigenvalue weighted by atomic mass is 9.69. The monoisotopic (exact) mass is 481 g/mol. The number of nitrogens with zero attached hydrogens (tertiary/aromatic N) is 3. The molecule has 0 fully saturated rings. The molecule has 170 valence electrons. The number of hydrogen-bond acceptors (Lipinski definition) is 3. The van der Waals surface area contributed by atoms with Gasteiger partial charge in [0.05, 0.1) is 16.8 Å². The third-order valence-corrected chi connectivity index (χ3v) is 7.38. The zero-order chi connectivity index (χ0) is 24.1. The van der Waals surface area contributed by atoms with E-state index < -0.39 is 5.41 Å². The van der Waals surface area contributed by atoms with Crippen LogP contribution in [0.1, 0.15) is 22.4 Å². The molecule has 4 aromatic carbocycles. The number of hydrogen-bond donors (Lipinski definition) is 0. The van der Waals surface area contributed by atoms with Crippen LogP contribution in [0.5, 0.6) is 0 Å². The van der Waals surface area contributed by atoms with Crippen LogP contribution in [0.3, 0.4) is 0 Å². The Bertz CT molecular complexity index is 1750. The number of pyridine rings is 1. The molecule has 1 atom stereocenters. The molecule has 6 aromatic rings. The molecule has 0 saturated carbocycles. The average molecular weight is 482 g/mol. The lowest BCUT2D eigenvalue weighted by Crippen LogP contribution is -2.31. The average Bonchev–Trinajstić information content (AvgIpc) is 3.25. The fourth-order valence-corrected chi connectivity index (χ4v) is 5.90. The lowest BCUT2D eigenvalue weighted by Gasteiger charge is -2.34. The van der Waals surface area contributed by atoms with Crippen molar-refractivity contribution in [1.29, 1.82) is 0 Å². The minimum atomic E-state index is -0.720. The van der Waals surface area contributed by atoms with Crippen LogP contribution in [0.15, 0.2) is 121 Å². The van der Waals surface area contributed by atoms with E-state index >= 15 is 0 Å². The summed E-state index contributed by atoms with van der Waals surface area (Å²) in [4.78, 5) is 15.1. The first-order valence-electron chi connectivity index (χ1n) is 11.9. The van der Waals surface area contributed by atoms with Crippen LogP contribution in [0, 0.1) is 0 Å². The third kappa shape index (κ3) is 2.90. The van der Waals surface area contributed by atoms with Crippen molar-refractivity contribution in [3.05, 3.63) is 149 Å². The van der Waals surface area contributed by atoms with Gasteiger partial charge in [-0.2, -0.15) is 0 Å². The molecule has 7 rings (SSSR count). The molecule has 0 amide bonds. The van der Waals surface area contributed by atoms with Gasteiger partial charge in [0.15, 0.2) is 5.65 Å². The number of halogens is 1. The number of aromatic nitrogens is 3. The molecule has 0 saturated heterocycles. The topological polar surface area (TPSA) is 38.7 Å². The van der Waals surface area contributed by atoms with Crippen molar-refractivity contribution in [2.45, 2.75) is 5.41 Å². The molecule has 0 N–H and O–H groups in total. The maximum atomic E-state index is 6.90. The van der Waals surface area contributed by atoms with Gasteiger partial charge in [-0.25, -0.2) is 15.0 Å². The van der Waals surface area contributed by atoms with Crippen LogP contribution in [-0.2, 0) is 5.41 Å². The van der Waals surface area contributed by atoms with Crippen molar-refractivity contribution in [2.24, 2.45) is 0 Å². The molecular formula is C32H20ClN3. The minimum absolute atomic E-state index is 0.621. The zero-order valence-corrected chi connectivity index (χ0v) is 20.0. The lowest BCUT2D eigenvalue weighted by molar-refractivity contribution is 0.736. The van der Waals surface area contributed by atoms with Crippen molar-refractivity contribution in [3.8, 4) is 22.4 Å². The standard InChI is InChI=1S/C32H20ClN3/c33-26-18-9-17-25-28(26)23-15-7-8-16-24(23)32(25,22-13-5-2-6-14-22)30-29(21-11-3-1-4-12-21)35-27-19-10-20-34-31(27)36-30/h1-20H. The second-order valence-corrected chi connectivity index (χ2v) is 9.36. The van der Waals surface area contributed by atoms with E-state index in [0.717, 1.165) is 55.3 Å². The molecule has 36 heavy (non-hydrogen) atoms. The van der Waals surface area contributed by atoms with Gasteiger partial charge < -0.3 is 0 Å². The molecule has 0 spiro atoms. The van der Waals surface area contributed by atoms with E-state index in [9.17, 15) is 0 Å². The van der Waals surface area contributed by atoms with Gasteiger partial charge in [-0.15, -0.1) is 0 Å². The Morgan fingerprint density at radius 2 is 1.33 bits per heavy atom. The van der Waals surface area contributed by atoms with Crippen molar-refractivity contribution in [1.82, 2.24) is 15.0 Å². The van der Waals surface area contributed by atoms with E-state index in [1.54, 1.807) is 6.20 Å². The Balaban J connectivity index is 1.72. The largest absolute Gasteiger partial charge is 0.242 e. The predicted octanol–water partition coefficient (Wildman–Crippen LogP) is 7.71. The Morgan fingerprint density at radius 1 is 0.611 bits per heavy atom. The highest BCUT2D eigenvalue weighted by Gasteiger charge is 2.49. The van der Waals surface area contributed by atoms with Crippen LogP contribution in [0.2, 0.25) is 5.02 Å². The number of benzene rings is 4. The molecule has 1 unspecified atom stereocenters. The summed E-state index contributed by atoms with van der Waals surface area (Å²) in [5, 5.41) is 0.728. The van der Waals surface area contributed by atoms with Crippen molar-refractivity contribution in [2.75, 3.05) is 0 Å².